The van der Waals surface area contributed by atoms with Crippen molar-refractivity contribution in [2.45, 2.75) is 13.3 Å². The molecule has 0 amide bonds. The summed E-state index contributed by atoms with van der Waals surface area (Å²) < 4.78 is 5.34. The Kier molecular flexibility index (Phi) is 4.07. The standard InChI is InChI=1S/C15H15NO2/c1-2-18-14-5-3-13(4-6-14)15(17)11-12-7-9-16-10-8-12/h3-10H,2,11H2,1H3. The number of carbonyl (C=O) groups is 1. The number of benzene rings is 1. The molecule has 18 heavy (non-hydrogen) atoms. The normalized spacial score (nSPS) is 10.1. The Morgan fingerprint density at radius 2 is 1.78 bits per heavy atom. The lowest BCUT2D eigenvalue weighted by atomic mass is 10.0. The van der Waals surface area contributed by atoms with E-state index in [2.05, 4.69) is 4.98 Å². The first-order chi connectivity index (χ1) is 8.79. The van der Waals surface area contributed by atoms with E-state index in [1.165, 1.54) is 0 Å². The summed E-state index contributed by atoms with van der Waals surface area (Å²) in [6.45, 7) is 2.56. The number of rotatable bonds is 5. The van der Waals surface area contributed by atoms with Crippen molar-refractivity contribution in [1.82, 2.24) is 4.98 Å². The van der Waals surface area contributed by atoms with Gasteiger partial charge in [-0.3, -0.25) is 9.78 Å². The molecule has 2 aromatic rings. The van der Waals surface area contributed by atoms with Gasteiger partial charge in [-0.15, -0.1) is 0 Å². The fourth-order valence-electron chi connectivity index (χ4n) is 1.69. The maximum absolute atomic E-state index is 12.0. The first-order valence-electron chi connectivity index (χ1n) is 5.94. The molecule has 0 saturated carbocycles. The van der Waals surface area contributed by atoms with Crippen LogP contribution in [0.3, 0.4) is 0 Å². The Morgan fingerprint density at radius 3 is 2.39 bits per heavy atom. The van der Waals surface area contributed by atoms with Crippen molar-refractivity contribution in [1.29, 1.82) is 0 Å². The second kappa shape index (κ2) is 5.96. The van der Waals surface area contributed by atoms with Gasteiger partial charge in [-0.25, -0.2) is 0 Å². The van der Waals surface area contributed by atoms with E-state index in [0.29, 0.717) is 18.6 Å². The molecule has 3 heteroatoms. The van der Waals surface area contributed by atoms with Gasteiger partial charge in [-0.1, -0.05) is 0 Å². The molecule has 0 unspecified atom stereocenters. The molecule has 0 aliphatic carbocycles. The second-order valence-corrected chi connectivity index (χ2v) is 3.91. The van der Waals surface area contributed by atoms with Crippen molar-refractivity contribution in [2.24, 2.45) is 0 Å². The molecular formula is C15H15NO2. The van der Waals surface area contributed by atoms with Gasteiger partial charge >= 0.3 is 0 Å². The molecule has 0 bridgehead atoms. The van der Waals surface area contributed by atoms with E-state index in [0.717, 1.165) is 11.3 Å². The lowest BCUT2D eigenvalue weighted by Crippen LogP contribution is -2.03. The summed E-state index contributed by atoms with van der Waals surface area (Å²) in [5, 5.41) is 0. The van der Waals surface area contributed by atoms with Crippen LogP contribution >= 0.6 is 0 Å². The molecule has 0 atom stereocenters. The monoisotopic (exact) mass is 241 g/mol. The van der Waals surface area contributed by atoms with Crippen LogP contribution in [0.1, 0.15) is 22.8 Å². The molecule has 0 saturated heterocycles. The lowest BCUT2D eigenvalue weighted by molar-refractivity contribution is 0.0993. The number of aromatic nitrogens is 1. The molecular weight excluding hydrogens is 226 g/mol. The fourth-order valence-corrected chi connectivity index (χ4v) is 1.69. The first-order valence-corrected chi connectivity index (χ1v) is 5.94. The molecule has 1 aromatic heterocycles. The van der Waals surface area contributed by atoms with Crippen LogP contribution in [0.5, 0.6) is 5.75 Å². The van der Waals surface area contributed by atoms with Crippen LogP contribution < -0.4 is 4.74 Å². The van der Waals surface area contributed by atoms with Crippen LogP contribution in [0.4, 0.5) is 0 Å². The van der Waals surface area contributed by atoms with Gasteiger partial charge in [0, 0.05) is 24.4 Å². The predicted octanol–water partition coefficient (Wildman–Crippen LogP) is 2.91. The topological polar surface area (TPSA) is 39.2 Å². The molecule has 0 spiro atoms. The average molecular weight is 241 g/mol. The van der Waals surface area contributed by atoms with E-state index in [1.807, 2.05) is 31.2 Å². The van der Waals surface area contributed by atoms with Crippen molar-refractivity contribution >= 4 is 5.78 Å². The molecule has 0 radical (unpaired) electrons. The zero-order valence-electron chi connectivity index (χ0n) is 10.3. The fraction of sp³-hybridized carbons (Fsp3) is 0.200. The van der Waals surface area contributed by atoms with Gasteiger partial charge in [0.25, 0.3) is 0 Å². The number of carbonyl (C=O) groups excluding carboxylic acids is 1. The SMILES string of the molecule is CCOc1ccc(C(=O)Cc2ccncc2)cc1. The average Bonchev–Trinajstić information content (AvgIpc) is 2.41. The van der Waals surface area contributed by atoms with E-state index in [1.54, 1.807) is 24.5 Å². The zero-order valence-corrected chi connectivity index (χ0v) is 10.3. The number of ketones is 1. The summed E-state index contributed by atoms with van der Waals surface area (Å²) in [6.07, 6.45) is 3.79. The first kappa shape index (κ1) is 12.3. The molecule has 2 rings (SSSR count). The number of hydrogen-bond acceptors (Lipinski definition) is 3. The Labute approximate surface area is 106 Å². The summed E-state index contributed by atoms with van der Waals surface area (Å²) in [5.74, 6) is 0.891. The van der Waals surface area contributed by atoms with Gasteiger partial charge in [0.15, 0.2) is 5.78 Å². The van der Waals surface area contributed by atoms with Crippen molar-refractivity contribution < 1.29 is 9.53 Å². The summed E-state index contributed by atoms with van der Waals surface area (Å²) >= 11 is 0. The van der Waals surface area contributed by atoms with Crippen LogP contribution in [0.15, 0.2) is 48.8 Å². The summed E-state index contributed by atoms with van der Waals surface area (Å²) in [7, 11) is 0. The van der Waals surface area contributed by atoms with Gasteiger partial charge in [-0.05, 0) is 48.9 Å². The van der Waals surface area contributed by atoms with E-state index < -0.39 is 0 Å². The molecule has 0 aliphatic heterocycles. The molecule has 0 N–H and O–H groups in total. The highest BCUT2D eigenvalue weighted by molar-refractivity contribution is 5.97. The van der Waals surface area contributed by atoms with Gasteiger partial charge < -0.3 is 4.74 Å². The maximum Gasteiger partial charge on any atom is 0.167 e. The maximum atomic E-state index is 12.0. The molecule has 3 nitrogen and oxygen atoms in total. The second-order valence-electron chi connectivity index (χ2n) is 3.91. The van der Waals surface area contributed by atoms with Crippen molar-refractivity contribution in [3.8, 4) is 5.75 Å². The Morgan fingerprint density at radius 1 is 1.11 bits per heavy atom. The third-order valence-corrected chi connectivity index (χ3v) is 2.60. The third-order valence-electron chi connectivity index (χ3n) is 2.60. The van der Waals surface area contributed by atoms with Crippen molar-refractivity contribution in [3.63, 3.8) is 0 Å². The minimum absolute atomic E-state index is 0.101. The zero-order chi connectivity index (χ0) is 12.8. The minimum atomic E-state index is 0.101. The van der Waals surface area contributed by atoms with E-state index in [9.17, 15) is 4.79 Å². The van der Waals surface area contributed by atoms with Crippen molar-refractivity contribution in [3.05, 3.63) is 59.9 Å². The Balaban J connectivity index is 2.05. The van der Waals surface area contributed by atoms with Crippen LogP contribution in [0, 0.1) is 0 Å². The summed E-state index contributed by atoms with van der Waals surface area (Å²) in [6, 6.07) is 11.0. The smallest absolute Gasteiger partial charge is 0.167 e. The Bertz CT molecular complexity index is 506. The van der Waals surface area contributed by atoms with E-state index in [-0.39, 0.29) is 5.78 Å². The molecule has 92 valence electrons. The highest BCUT2D eigenvalue weighted by Gasteiger charge is 2.06. The number of nitrogens with zero attached hydrogens (tertiary/aromatic N) is 1. The molecule has 0 fully saturated rings. The summed E-state index contributed by atoms with van der Waals surface area (Å²) in [5.41, 5.74) is 1.68. The summed E-state index contributed by atoms with van der Waals surface area (Å²) in [4.78, 5) is 16.0. The van der Waals surface area contributed by atoms with Crippen LogP contribution in [0.25, 0.3) is 0 Å². The number of hydrogen-bond donors (Lipinski definition) is 0. The van der Waals surface area contributed by atoms with Crippen LogP contribution in [-0.4, -0.2) is 17.4 Å². The highest BCUT2D eigenvalue weighted by atomic mass is 16.5. The number of pyridine rings is 1. The van der Waals surface area contributed by atoms with Crippen molar-refractivity contribution in [2.75, 3.05) is 6.61 Å². The molecule has 1 heterocycles. The van der Waals surface area contributed by atoms with Gasteiger partial charge in [0.05, 0.1) is 6.61 Å². The molecule has 0 aliphatic rings. The third kappa shape index (κ3) is 3.17. The highest BCUT2D eigenvalue weighted by Crippen LogP contribution is 2.14. The molecule has 1 aromatic carbocycles. The largest absolute Gasteiger partial charge is 0.494 e. The van der Waals surface area contributed by atoms with Gasteiger partial charge in [0.2, 0.25) is 0 Å². The Hall–Kier alpha value is -2.16. The number of Topliss-reactive ketones (excluding diaryl/α,β-unsaturated/α-hetero) is 1. The predicted molar refractivity (Wildman–Crippen MR) is 69.9 cm³/mol. The number of ether oxygens (including phenoxy) is 1. The van der Waals surface area contributed by atoms with Gasteiger partial charge in [-0.2, -0.15) is 0 Å². The van der Waals surface area contributed by atoms with E-state index in [4.69, 9.17) is 4.74 Å². The quantitative estimate of drug-likeness (QED) is 0.755. The van der Waals surface area contributed by atoms with Gasteiger partial charge in [0.1, 0.15) is 5.75 Å². The van der Waals surface area contributed by atoms with E-state index >= 15 is 0 Å². The van der Waals surface area contributed by atoms with Crippen LogP contribution in [-0.2, 0) is 6.42 Å². The van der Waals surface area contributed by atoms with Crippen LogP contribution in [0.2, 0.25) is 0 Å². The minimum Gasteiger partial charge on any atom is -0.494 e. The lowest BCUT2D eigenvalue weighted by Gasteiger charge is -2.04.